The molecule has 4 fully saturated rings. The van der Waals surface area contributed by atoms with Gasteiger partial charge in [-0.1, -0.05) is 6.07 Å². The van der Waals surface area contributed by atoms with Gasteiger partial charge < -0.3 is 10.1 Å². The number of benzene rings is 1. The highest BCUT2D eigenvalue weighted by molar-refractivity contribution is 7.90. The Hall–Kier alpha value is -1.83. The summed E-state index contributed by atoms with van der Waals surface area (Å²) in [5, 5.41) is 14.1. The molecule has 4 bridgehead atoms. The van der Waals surface area contributed by atoms with Gasteiger partial charge in [-0.3, -0.25) is 24.8 Å². The highest BCUT2D eigenvalue weighted by atomic mass is 32.2. The molecule has 0 atom stereocenters. The Morgan fingerprint density at radius 3 is 2.26 bits per heavy atom. The maximum Gasteiger partial charge on any atom is 0.271 e. The van der Waals surface area contributed by atoms with E-state index in [4.69, 9.17) is 4.74 Å². The second-order valence-electron chi connectivity index (χ2n) is 9.58. The molecule has 0 radical (unpaired) electrons. The Balaban J connectivity index is 1.57. The molecule has 0 spiro atoms. The zero-order valence-electron chi connectivity index (χ0n) is 18.2. The van der Waals surface area contributed by atoms with Crippen LogP contribution >= 0.6 is 0 Å². The van der Waals surface area contributed by atoms with E-state index in [1.165, 1.54) is 16.4 Å². The summed E-state index contributed by atoms with van der Waals surface area (Å²) >= 11 is 0. The molecular formula is C19H30N6O5S. The maximum absolute atomic E-state index is 13.9. The van der Waals surface area contributed by atoms with E-state index in [9.17, 15) is 18.5 Å². The van der Waals surface area contributed by atoms with Gasteiger partial charge in [0.1, 0.15) is 11.5 Å². The number of anilines is 1. The fraction of sp³-hybridized carbons (Fsp3) is 0.684. The second-order valence-corrected chi connectivity index (χ2v) is 11.9. The summed E-state index contributed by atoms with van der Waals surface area (Å²) < 4.78 is 34.1. The summed E-state index contributed by atoms with van der Waals surface area (Å²) in [5.74, 6) is 0. The molecule has 4 heterocycles. The number of ether oxygens (including phenoxy) is 1. The van der Waals surface area contributed by atoms with Gasteiger partial charge in [-0.2, -0.15) is 4.31 Å². The molecule has 1 aromatic rings. The lowest BCUT2D eigenvalue weighted by Gasteiger charge is -2.60. The summed E-state index contributed by atoms with van der Waals surface area (Å²) in [6, 6.07) is 6.03. The maximum atomic E-state index is 13.9. The van der Waals surface area contributed by atoms with Crippen molar-refractivity contribution >= 4 is 21.4 Å². The lowest BCUT2D eigenvalue weighted by Crippen LogP contribution is -2.79. The predicted octanol–water partition coefficient (Wildman–Crippen LogP) is 0.927. The number of non-ortho nitro benzene ring substituents is 1. The smallest absolute Gasteiger partial charge is 0.271 e. The van der Waals surface area contributed by atoms with E-state index in [2.05, 4.69) is 20.0 Å². The van der Waals surface area contributed by atoms with Crippen LogP contribution in [0.3, 0.4) is 0 Å². The number of rotatable bonds is 8. The Kier molecular flexibility index (Phi) is 5.73. The van der Waals surface area contributed by atoms with Gasteiger partial charge in [0.25, 0.3) is 5.69 Å². The van der Waals surface area contributed by atoms with Crippen LogP contribution in [0, 0.1) is 10.1 Å². The molecule has 4 aliphatic heterocycles. The van der Waals surface area contributed by atoms with E-state index in [1.807, 2.05) is 20.8 Å². The summed E-state index contributed by atoms with van der Waals surface area (Å²) in [5.41, 5.74) is -0.0937. The third-order valence-electron chi connectivity index (χ3n) is 5.78. The van der Waals surface area contributed by atoms with Crippen molar-refractivity contribution in [1.29, 1.82) is 0 Å². The highest BCUT2D eigenvalue weighted by Gasteiger charge is 2.58. The number of nitrogens with one attached hydrogen (secondary N) is 1. The Labute approximate surface area is 182 Å². The average Bonchev–Trinajstić information content (AvgIpc) is 2.66. The van der Waals surface area contributed by atoms with Crippen LogP contribution in [0.5, 0.6) is 0 Å². The highest BCUT2D eigenvalue weighted by Crippen LogP contribution is 2.36. The summed E-state index contributed by atoms with van der Waals surface area (Å²) in [4.78, 5) is 17.1. The molecule has 0 aromatic heterocycles. The van der Waals surface area contributed by atoms with Crippen LogP contribution in [0.1, 0.15) is 20.8 Å². The molecule has 172 valence electrons. The zero-order valence-corrected chi connectivity index (χ0v) is 19.0. The van der Waals surface area contributed by atoms with Crippen molar-refractivity contribution in [3.8, 4) is 0 Å². The molecule has 1 N–H and O–H groups in total. The second kappa shape index (κ2) is 7.94. The summed E-state index contributed by atoms with van der Waals surface area (Å²) in [7, 11) is -3.75. The monoisotopic (exact) mass is 454 g/mol. The van der Waals surface area contributed by atoms with Crippen LogP contribution in [-0.2, 0) is 14.8 Å². The summed E-state index contributed by atoms with van der Waals surface area (Å²) in [6.07, 6.45) is 0. The lowest BCUT2D eigenvalue weighted by molar-refractivity contribution is -0.384. The number of sulfonamides is 1. The molecule has 0 aliphatic carbocycles. The SMILES string of the molecule is CC(C)(C)OCN(CNc1cccc([N+](=O)[O-])c1)S(=O)(=O)C12CN3CN(CN(C3)C1)C2. The third kappa shape index (κ3) is 4.54. The molecular weight excluding hydrogens is 424 g/mol. The molecule has 0 amide bonds. The minimum atomic E-state index is -3.75. The van der Waals surface area contributed by atoms with Gasteiger partial charge >= 0.3 is 0 Å². The topological polar surface area (TPSA) is 111 Å². The first-order valence-electron chi connectivity index (χ1n) is 10.3. The number of nitro groups is 1. The minimum absolute atomic E-state index is 0.0403. The Morgan fingerprint density at radius 1 is 1.16 bits per heavy atom. The van der Waals surface area contributed by atoms with Gasteiger partial charge in [-0.15, -0.1) is 0 Å². The van der Waals surface area contributed by atoms with Crippen LogP contribution in [0.25, 0.3) is 0 Å². The van der Waals surface area contributed by atoms with Crippen LogP contribution in [0.15, 0.2) is 24.3 Å². The molecule has 4 saturated heterocycles. The molecule has 31 heavy (non-hydrogen) atoms. The first kappa shape index (κ1) is 22.4. The van der Waals surface area contributed by atoms with Crippen molar-refractivity contribution in [3.63, 3.8) is 0 Å². The van der Waals surface area contributed by atoms with E-state index in [1.54, 1.807) is 12.1 Å². The van der Waals surface area contributed by atoms with Gasteiger partial charge in [0.15, 0.2) is 0 Å². The van der Waals surface area contributed by atoms with Gasteiger partial charge in [0, 0.05) is 37.5 Å². The van der Waals surface area contributed by atoms with E-state index in [-0.39, 0.29) is 19.1 Å². The van der Waals surface area contributed by atoms with Crippen molar-refractivity contribution in [2.24, 2.45) is 0 Å². The fourth-order valence-electron chi connectivity index (χ4n) is 4.55. The van der Waals surface area contributed by atoms with Crippen molar-refractivity contribution in [2.75, 3.05) is 58.4 Å². The zero-order chi connectivity index (χ0) is 22.4. The number of nitrogens with zero attached hydrogens (tertiary/aromatic N) is 5. The van der Waals surface area contributed by atoms with Crippen LogP contribution in [0.4, 0.5) is 11.4 Å². The van der Waals surface area contributed by atoms with Gasteiger partial charge in [-0.05, 0) is 26.8 Å². The van der Waals surface area contributed by atoms with E-state index in [0.717, 1.165) is 20.0 Å². The first-order chi connectivity index (χ1) is 14.5. The molecule has 0 unspecified atom stereocenters. The normalized spacial score (nSPS) is 30.0. The molecule has 1 aromatic carbocycles. The standard InChI is InChI=1S/C19H30N6O5S/c1-18(2,3)30-15-24(11-20-16-5-4-6-17(7-16)25(26)27)31(28,29)19-8-21-12-22(9-19)14-23(10-19)13-21/h4-7,20H,8-15H2,1-3H3. The van der Waals surface area contributed by atoms with Gasteiger partial charge in [-0.25, -0.2) is 8.42 Å². The van der Waals surface area contributed by atoms with Crippen molar-refractivity contribution in [2.45, 2.75) is 31.1 Å². The first-order valence-corrected chi connectivity index (χ1v) is 11.7. The number of hydrogen-bond donors (Lipinski definition) is 1. The van der Waals surface area contributed by atoms with E-state index < -0.39 is 25.3 Å². The minimum Gasteiger partial charge on any atom is -0.371 e. The third-order valence-corrected chi connectivity index (χ3v) is 8.18. The van der Waals surface area contributed by atoms with Crippen molar-refractivity contribution in [1.82, 2.24) is 19.0 Å². The van der Waals surface area contributed by atoms with Crippen LogP contribution in [0.2, 0.25) is 0 Å². The lowest BCUT2D eigenvalue weighted by atomic mass is 10.00. The number of nitro benzene ring substituents is 1. The van der Waals surface area contributed by atoms with E-state index >= 15 is 0 Å². The van der Waals surface area contributed by atoms with Crippen LogP contribution in [-0.4, -0.2) is 95.7 Å². The largest absolute Gasteiger partial charge is 0.371 e. The summed E-state index contributed by atoms with van der Waals surface area (Å²) in [6.45, 7) is 9.33. The average molecular weight is 455 g/mol. The van der Waals surface area contributed by atoms with Gasteiger partial charge in [0.2, 0.25) is 10.0 Å². The van der Waals surface area contributed by atoms with Crippen molar-refractivity contribution < 1.29 is 18.1 Å². The number of hydrogen-bond acceptors (Lipinski definition) is 9. The van der Waals surface area contributed by atoms with Gasteiger partial charge in [0.05, 0.1) is 37.2 Å². The molecule has 0 saturated carbocycles. The molecule has 11 nitrogen and oxygen atoms in total. The fourth-order valence-corrected chi connectivity index (χ4v) is 6.56. The quantitative estimate of drug-likeness (QED) is 0.348. The molecule has 12 heteroatoms. The predicted molar refractivity (Wildman–Crippen MR) is 115 cm³/mol. The Bertz CT molecular complexity index is 912. The molecule has 4 aliphatic rings. The molecule has 5 rings (SSSR count). The van der Waals surface area contributed by atoms with Crippen LogP contribution < -0.4 is 5.32 Å². The Morgan fingerprint density at radius 2 is 1.74 bits per heavy atom. The van der Waals surface area contributed by atoms with Crippen molar-refractivity contribution in [3.05, 3.63) is 34.4 Å². The van der Waals surface area contributed by atoms with E-state index in [0.29, 0.717) is 25.3 Å².